The molecule has 0 bridgehead atoms. The minimum Gasteiger partial charge on any atom is -0.354 e. The van der Waals surface area contributed by atoms with Gasteiger partial charge < -0.3 is 10.2 Å². The van der Waals surface area contributed by atoms with Crippen molar-refractivity contribution in [3.63, 3.8) is 0 Å². The summed E-state index contributed by atoms with van der Waals surface area (Å²) in [5.41, 5.74) is 3.39. The number of carbonyl (C=O) groups excluding carboxylic acids is 1. The van der Waals surface area contributed by atoms with E-state index in [0.29, 0.717) is 6.54 Å². The van der Waals surface area contributed by atoms with Crippen molar-refractivity contribution in [3.05, 3.63) is 70.9 Å². The Balaban J connectivity index is 1.78. The van der Waals surface area contributed by atoms with Crippen LogP contribution in [0.5, 0.6) is 0 Å². The number of carbonyl (C=O) groups is 1. The van der Waals surface area contributed by atoms with Crippen LogP contribution in [0.4, 0.5) is 5.69 Å². The second-order valence-electron chi connectivity index (χ2n) is 7.46. The van der Waals surface area contributed by atoms with Crippen molar-refractivity contribution >= 4 is 11.6 Å². The molecule has 0 radical (unpaired) electrons. The lowest BCUT2D eigenvalue weighted by atomic mass is 10.0. The quantitative estimate of drug-likeness (QED) is 0.279. The van der Waals surface area contributed by atoms with Gasteiger partial charge in [0.15, 0.2) is 0 Å². The van der Waals surface area contributed by atoms with Gasteiger partial charge in [-0.2, -0.15) is 5.10 Å². The highest BCUT2D eigenvalue weighted by atomic mass is 16.6. The molecule has 1 N–H and O–H groups in total. The molecule has 0 aliphatic rings. The molecular weight excluding hydrogens is 406 g/mol. The fourth-order valence-electron chi connectivity index (χ4n) is 3.64. The van der Waals surface area contributed by atoms with E-state index in [9.17, 15) is 14.9 Å². The monoisotopic (exact) mass is 435 g/mol. The van der Waals surface area contributed by atoms with Crippen LogP contribution in [-0.4, -0.2) is 51.7 Å². The van der Waals surface area contributed by atoms with E-state index in [4.69, 9.17) is 0 Å². The Morgan fingerprint density at radius 3 is 2.38 bits per heavy atom. The van der Waals surface area contributed by atoms with Gasteiger partial charge in [-0.1, -0.05) is 44.2 Å². The minimum absolute atomic E-state index is 0.0338. The number of benzene rings is 2. The highest BCUT2D eigenvalue weighted by Crippen LogP contribution is 2.32. The smallest absolute Gasteiger partial charge is 0.269 e. The molecule has 0 unspecified atom stereocenters. The van der Waals surface area contributed by atoms with Gasteiger partial charge in [0.2, 0.25) is 5.91 Å². The fourth-order valence-corrected chi connectivity index (χ4v) is 3.64. The first-order chi connectivity index (χ1) is 15.5. The molecule has 0 saturated heterocycles. The standard InChI is InChI=1S/C24H29N5O3/c1-3-27(4-2)16-8-15-25-23(30)18-28-24(20-9-6-5-7-10-20)22(17-26-28)19-11-13-21(14-12-19)29(31)32/h5-7,9-14,17H,3-4,8,15-16,18H2,1-2H3,(H,25,30). The first-order valence-electron chi connectivity index (χ1n) is 10.9. The van der Waals surface area contributed by atoms with Gasteiger partial charge >= 0.3 is 0 Å². The zero-order chi connectivity index (χ0) is 22.9. The average Bonchev–Trinajstić information content (AvgIpc) is 3.23. The first-order valence-corrected chi connectivity index (χ1v) is 10.9. The summed E-state index contributed by atoms with van der Waals surface area (Å²) in [6.45, 7) is 7.94. The van der Waals surface area contributed by atoms with Gasteiger partial charge in [0.25, 0.3) is 5.69 Å². The van der Waals surface area contributed by atoms with Crippen LogP contribution in [0.1, 0.15) is 20.3 Å². The van der Waals surface area contributed by atoms with Crippen LogP contribution in [-0.2, 0) is 11.3 Å². The maximum Gasteiger partial charge on any atom is 0.269 e. The maximum atomic E-state index is 12.6. The van der Waals surface area contributed by atoms with Crippen LogP contribution >= 0.6 is 0 Å². The van der Waals surface area contributed by atoms with Crippen molar-refractivity contribution < 1.29 is 9.72 Å². The summed E-state index contributed by atoms with van der Waals surface area (Å²) in [6, 6.07) is 16.1. The number of aromatic nitrogens is 2. The predicted octanol–water partition coefficient (Wildman–Crippen LogP) is 3.97. The summed E-state index contributed by atoms with van der Waals surface area (Å²) in [5, 5.41) is 18.4. The number of nitrogens with zero attached hydrogens (tertiary/aromatic N) is 4. The lowest BCUT2D eigenvalue weighted by Gasteiger charge is -2.17. The van der Waals surface area contributed by atoms with E-state index >= 15 is 0 Å². The lowest BCUT2D eigenvalue weighted by Crippen LogP contribution is -2.32. The molecule has 3 aromatic rings. The van der Waals surface area contributed by atoms with Gasteiger partial charge in [0.1, 0.15) is 6.54 Å². The van der Waals surface area contributed by atoms with E-state index in [1.807, 2.05) is 30.3 Å². The van der Waals surface area contributed by atoms with Crippen LogP contribution in [0.3, 0.4) is 0 Å². The Morgan fingerprint density at radius 2 is 1.75 bits per heavy atom. The van der Waals surface area contributed by atoms with Crippen LogP contribution < -0.4 is 5.32 Å². The van der Waals surface area contributed by atoms with Crippen molar-refractivity contribution in [2.24, 2.45) is 0 Å². The summed E-state index contributed by atoms with van der Waals surface area (Å²) in [5.74, 6) is -0.0972. The molecule has 2 aromatic carbocycles. The third-order valence-electron chi connectivity index (χ3n) is 5.44. The van der Waals surface area contributed by atoms with Gasteiger partial charge in [-0.15, -0.1) is 0 Å². The molecule has 8 heteroatoms. The molecule has 1 heterocycles. The number of nitro groups is 1. The average molecular weight is 436 g/mol. The SMILES string of the molecule is CCN(CC)CCCNC(=O)Cn1ncc(-c2ccc([N+](=O)[O-])cc2)c1-c1ccccc1. The van der Waals surface area contributed by atoms with Crippen LogP contribution in [0.15, 0.2) is 60.8 Å². The fraction of sp³-hybridized carbons (Fsp3) is 0.333. The molecule has 1 aromatic heterocycles. The van der Waals surface area contributed by atoms with E-state index in [0.717, 1.165) is 48.4 Å². The number of hydrogen-bond acceptors (Lipinski definition) is 5. The van der Waals surface area contributed by atoms with Crippen molar-refractivity contribution in [1.29, 1.82) is 0 Å². The topological polar surface area (TPSA) is 93.3 Å². The van der Waals surface area contributed by atoms with Crippen molar-refractivity contribution in [2.75, 3.05) is 26.2 Å². The summed E-state index contributed by atoms with van der Waals surface area (Å²) in [4.78, 5) is 25.5. The molecule has 3 rings (SSSR count). The normalized spacial score (nSPS) is 11.0. The van der Waals surface area contributed by atoms with Gasteiger partial charge in [-0.25, -0.2) is 0 Å². The summed E-state index contributed by atoms with van der Waals surface area (Å²) in [7, 11) is 0. The first kappa shape index (κ1) is 23.1. The van der Waals surface area contributed by atoms with E-state index in [1.165, 1.54) is 12.1 Å². The number of nitrogens with one attached hydrogen (secondary N) is 1. The molecule has 0 aliphatic heterocycles. The summed E-state index contributed by atoms with van der Waals surface area (Å²) < 4.78 is 1.69. The Morgan fingerprint density at radius 1 is 1.06 bits per heavy atom. The molecule has 168 valence electrons. The van der Waals surface area contributed by atoms with Crippen molar-refractivity contribution in [1.82, 2.24) is 20.0 Å². The van der Waals surface area contributed by atoms with Crippen LogP contribution in [0.25, 0.3) is 22.4 Å². The molecule has 0 atom stereocenters. The van der Waals surface area contributed by atoms with Gasteiger partial charge in [-0.3, -0.25) is 19.6 Å². The molecule has 0 fully saturated rings. The molecule has 32 heavy (non-hydrogen) atoms. The minimum atomic E-state index is -0.421. The molecule has 8 nitrogen and oxygen atoms in total. The number of hydrogen-bond donors (Lipinski definition) is 1. The number of non-ortho nitro benzene ring substituents is 1. The number of rotatable bonds is 11. The summed E-state index contributed by atoms with van der Waals surface area (Å²) in [6.07, 6.45) is 2.60. The predicted molar refractivity (Wildman–Crippen MR) is 125 cm³/mol. The molecular formula is C24H29N5O3. The molecule has 1 amide bonds. The van der Waals surface area contributed by atoms with E-state index in [2.05, 4.69) is 29.2 Å². The van der Waals surface area contributed by atoms with Crippen LogP contribution in [0.2, 0.25) is 0 Å². The lowest BCUT2D eigenvalue weighted by molar-refractivity contribution is -0.384. The highest BCUT2D eigenvalue weighted by molar-refractivity contribution is 5.83. The Kier molecular flexibility index (Phi) is 8.10. The third kappa shape index (κ3) is 5.79. The number of nitro benzene ring substituents is 1. The van der Waals surface area contributed by atoms with Gasteiger partial charge in [-0.05, 0) is 43.8 Å². The Bertz CT molecular complexity index is 1030. The largest absolute Gasteiger partial charge is 0.354 e. The third-order valence-corrected chi connectivity index (χ3v) is 5.44. The second-order valence-corrected chi connectivity index (χ2v) is 7.46. The van der Waals surface area contributed by atoms with E-state index < -0.39 is 4.92 Å². The maximum absolute atomic E-state index is 12.6. The second kappa shape index (κ2) is 11.2. The van der Waals surface area contributed by atoms with Gasteiger partial charge in [0, 0.05) is 29.8 Å². The van der Waals surface area contributed by atoms with Crippen molar-refractivity contribution in [3.8, 4) is 22.4 Å². The zero-order valence-corrected chi connectivity index (χ0v) is 18.5. The van der Waals surface area contributed by atoms with E-state index in [1.54, 1.807) is 23.0 Å². The number of amides is 1. The Hall–Kier alpha value is -3.52. The molecule has 0 aliphatic carbocycles. The zero-order valence-electron chi connectivity index (χ0n) is 18.5. The Labute approximate surface area is 188 Å². The molecule has 0 spiro atoms. The van der Waals surface area contributed by atoms with E-state index in [-0.39, 0.29) is 18.1 Å². The highest BCUT2D eigenvalue weighted by Gasteiger charge is 2.17. The van der Waals surface area contributed by atoms with Gasteiger partial charge in [0.05, 0.1) is 16.8 Å². The summed E-state index contributed by atoms with van der Waals surface area (Å²) >= 11 is 0. The van der Waals surface area contributed by atoms with Crippen molar-refractivity contribution in [2.45, 2.75) is 26.8 Å². The van der Waals surface area contributed by atoms with Crippen LogP contribution in [0, 0.1) is 10.1 Å². The molecule has 0 saturated carbocycles.